The second-order valence-electron chi connectivity index (χ2n) is 6.27. The quantitative estimate of drug-likeness (QED) is 0.825. The van der Waals surface area contributed by atoms with E-state index in [9.17, 15) is 9.59 Å². The molecule has 1 aliphatic rings. The molecule has 6 heteroatoms. The molecule has 0 spiro atoms. The van der Waals surface area contributed by atoms with Crippen LogP contribution in [0, 0.1) is 0 Å². The number of hydrogen-bond donors (Lipinski definition) is 1. The Morgan fingerprint density at radius 1 is 1.36 bits per heavy atom. The maximum Gasteiger partial charge on any atom is 0.228 e. The molecule has 1 saturated heterocycles. The minimum Gasteiger partial charge on any atom is -0.349 e. The Balaban J connectivity index is 1.61. The van der Waals surface area contributed by atoms with Crippen LogP contribution in [-0.4, -0.2) is 23.3 Å². The number of rotatable bonds is 7. The first-order valence-corrected chi connectivity index (χ1v) is 9.64. The molecule has 2 aromatic rings. The number of thiazole rings is 1. The molecular weight excluding hydrogens is 334 g/mol. The normalized spacial score (nSPS) is 15.4. The van der Waals surface area contributed by atoms with Gasteiger partial charge in [-0.3, -0.25) is 14.5 Å². The first kappa shape index (κ1) is 17.6. The van der Waals surface area contributed by atoms with Gasteiger partial charge < -0.3 is 5.32 Å². The summed E-state index contributed by atoms with van der Waals surface area (Å²) in [6, 6.07) is 10.1. The summed E-state index contributed by atoms with van der Waals surface area (Å²) < 4.78 is 0. The van der Waals surface area contributed by atoms with Crippen LogP contribution < -0.4 is 10.2 Å². The van der Waals surface area contributed by atoms with Gasteiger partial charge in [0.05, 0.1) is 18.2 Å². The van der Waals surface area contributed by atoms with Gasteiger partial charge in [0.15, 0.2) is 5.13 Å². The van der Waals surface area contributed by atoms with Crippen molar-refractivity contribution < 1.29 is 9.59 Å². The van der Waals surface area contributed by atoms with Crippen LogP contribution in [0.5, 0.6) is 0 Å². The Hall–Kier alpha value is -2.21. The van der Waals surface area contributed by atoms with Crippen molar-refractivity contribution in [2.24, 2.45) is 0 Å². The van der Waals surface area contributed by atoms with Crippen LogP contribution in [0.1, 0.15) is 49.9 Å². The predicted molar refractivity (Wildman–Crippen MR) is 99.6 cm³/mol. The van der Waals surface area contributed by atoms with E-state index in [1.807, 2.05) is 35.7 Å². The lowest BCUT2D eigenvalue weighted by atomic mass is 10.0. The molecule has 1 fully saturated rings. The predicted octanol–water partition coefficient (Wildman–Crippen LogP) is 3.47. The van der Waals surface area contributed by atoms with E-state index in [2.05, 4.69) is 17.2 Å². The molecule has 132 valence electrons. The fraction of sp³-hybridized carbons (Fsp3) is 0.421. The van der Waals surface area contributed by atoms with Crippen LogP contribution in [0.25, 0.3) is 0 Å². The number of carbonyl (C=O) groups is 2. The van der Waals surface area contributed by atoms with Crippen molar-refractivity contribution in [1.29, 1.82) is 0 Å². The van der Waals surface area contributed by atoms with Crippen molar-refractivity contribution in [3.63, 3.8) is 0 Å². The van der Waals surface area contributed by atoms with Crippen LogP contribution >= 0.6 is 11.3 Å². The summed E-state index contributed by atoms with van der Waals surface area (Å²) in [6.07, 6.45) is 3.61. The van der Waals surface area contributed by atoms with E-state index in [4.69, 9.17) is 0 Å². The molecule has 0 aliphatic carbocycles. The van der Waals surface area contributed by atoms with Crippen molar-refractivity contribution >= 4 is 28.3 Å². The molecule has 25 heavy (non-hydrogen) atoms. The maximum absolute atomic E-state index is 12.4. The monoisotopic (exact) mass is 357 g/mol. The zero-order chi connectivity index (χ0) is 17.6. The van der Waals surface area contributed by atoms with Crippen molar-refractivity contribution in [2.45, 2.75) is 45.1 Å². The van der Waals surface area contributed by atoms with Crippen LogP contribution in [0.4, 0.5) is 5.13 Å². The molecule has 1 aliphatic heterocycles. The smallest absolute Gasteiger partial charge is 0.228 e. The molecule has 0 radical (unpaired) electrons. The molecule has 0 saturated carbocycles. The zero-order valence-electron chi connectivity index (χ0n) is 14.4. The molecule has 1 unspecified atom stereocenters. The van der Waals surface area contributed by atoms with E-state index in [1.165, 1.54) is 11.3 Å². The van der Waals surface area contributed by atoms with Crippen molar-refractivity contribution in [2.75, 3.05) is 11.4 Å². The van der Waals surface area contributed by atoms with Gasteiger partial charge in [0.25, 0.3) is 0 Å². The summed E-state index contributed by atoms with van der Waals surface area (Å²) in [5.41, 5.74) is 1.85. The average Bonchev–Trinajstić information content (AvgIpc) is 3.24. The first-order chi connectivity index (χ1) is 12.2. The van der Waals surface area contributed by atoms with Gasteiger partial charge in [0.2, 0.25) is 11.8 Å². The highest BCUT2D eigenvalue weighted by Gasteiger charge is 2.24. The lowest BCUT2D eigenvalue weighted by molar-refractivity contribution is -0.121. The van der Waals surface area contributed by atoms with Gasteiger partial charge in [-0.25, -0.2) is 4.98 Å². The van der Waals surface area contributed by atoms with E-state index in [0.29, 0.717) is 11.6 Å². The van der Waals surface area contributed by atoms with E-state index in [1.54, 1.807) is 4.90 Å². The number of hydrogen-bond acceptors (Lipinski definition) is 4. The Labute approximate surface area is 152 Å². The summed E-state index contributed by atoms with van der Waals surface area (Å²) in [5.74, 6) is 0.0874. The SMILES string of the molecule is CCCC(NC(=O)Cc1csc(N2CCCC2=O)n1)c1ccccc1. The van der Waals surface area contributed by atoms with Gasteiger partial charge in [0, 0.05) is 18.3 Å². The van der Waals surface area contributed by atoms with Gasteiger partial charge in [-0.1, -0.05) is 43.7 Å². The fourth-order valence-electron chi connectivity index (χ4n) is 3.06. The summed E-state index contributed by atoms with van der Waals surface area (Å²) in [5, 5.41) is 5.70. The highest BCUT2D eigenvalue weighted by molar-refractivity contribution is 7.14. The van der Waals surface area contributed by atoms with Crippen LogP contribution in [-0.2, 0) is 16.0 Å². The highest BCUT2D eigenvalue weighted by atomic mass is 32.1. The topological polar surface area (TPSA) is 62.3 Å². The van der Waals surface area contributed by atoms with Crippen molar-refractivity contribution in [3.8, 4) is 0 Å². The third kappa shape index (κ3) is 4.45. The van der Waals surface area contributed by atoms with Gasteiger partial charge >= 0.3 is 0 Å². The number of anilines is 1. The molecule has 0 bridgehead atoms. The summed E-state index contributed by atoms with van der Waals surface area (Å²) in [7, 11) is 0. The Morgan fingerprint density at radius 2 is 2.16 bits per heavy atom. The Kier molecular flexibility index (Phi) is 5.81. The molecule has 1 aromatic heterocycles. The summed E-state index contributed by atoms with van der Waals surface area (Å²) >= 11 is 1.43. The number of amides is 2. The van der Waals surface area contributed by atoms with Gasteiger partial charge in [0.1, 0.15) is 0 Å². The minimum absolute atomic E-state index is 0.0250. The van der Waals surface area contributed by atoms with E-state index >= 15 is 0 Å². The van der Waals surface area contributed by atoms with E-state index in [-0.39, 0.29) is 24.3 Å². The van der Waals surface area contributed by atoms with Gasteiger partial charge in [-0.2, -0.15) is 0 Å². The molecule has 2 amide bonds. The minimum atomic E-state index is -0.0353. The third-order valence-electron chi connectivity index (χ3n) is 4.30. The summed E-state index contributed by atoms with van der Waals surface area (Å²) in [6.45, 7) is 2.84. The maximum atomic E-state index is 12.4. The molecule has 1 atom stereocenters. The zero-order valence-corrected chi connectivity index (χ0v) is 15.2. The molecule has 3 rings (SSSR count). The highest BCUT2D eigenvalue weighted by Crippen LogP contribution is 2.25. The van der Waals surface area contributed by atoms with Crippen molar-refractivity contribution in [3.05, 3.63) is 47.0 Å². The van der Waals surface area contributed by atoms with Crippen LogP contribution in [0.2, 0.25) is 0 Å². The van der Waals surface area contributed by atoms with E-state index < -0.39 is 0 Å². The molecule has 5 nitrogen and oxygen atoms in total. The standard InChI is InChI=1S/C19H23N3O2S/c1-2-7-16(14-8-4-3-5-9-14)21-17(23)12-15-13-25-19(20-15)22-11-6-10-18(22)24/h3-5,8-9,13,16H,2,6-7,10-12H2,1H3,(H,21,23). The Bertz CT molecular complexity index is 729. The molecular formula is C19H23N3O2S. The Morgan fingerprint density at radius 3 is 2.84 bits per heavy atom. The fourth-order valence-corrected chi connectivity index (χ4v) is 3.93. The second-order valence-corrected chi connectivity index (χ2v) is 7.10. The molecule has 2 heterocycles. The third-order valence-corrected chi connectivity index (χ3v) is 5.21. The van der Waals surface area contributed by atoms with Crippen molar-refractivity contribution in [1.82, 2.24) is 10.3 Å². The number of nitrogens with zero attached hydrogens (tertiary/aromatic N) is 2. The number of nitrogens with one attached hydrogen (secondary N) is 1. The summed E-state index contributed by atoms with van der Waals surface area (Å²) in [4.78, 5) is 30.4. The number of aromatic nitrogens is 1. The molecule has 1 aromatic carbocycles. The second kappa shape index (κ2) is 8.25. The lowest BCUT2D eigenvalue weighted by Gasteiger charge is -2.18. The number of benzene rings is 1. The molecule has 1 N–H and O–H groups in total. The largest absolute Gasteiger partial charge is 0.349 e. The van der Waals surface area contributed by atoms with Gasteiger partial charge in [-0.05, 0) is 18.4 Å². The lowest BCUT2D eigenvalue weighted by Crippen LogP contribution is -2.30. The van der Waals surface area contributed by atoms with E-state index in [0.717, 1.165) is 37.1 Å². The number of carbonyl (C=O) groups excluding carboxylic acids is 2. The first-order valence-electron chi connectivity index (χ1n) is 8.76. The van der Waals surface area contributed by atoms with Crippen LogP contribution in [0.3, 0.4) is 0 Å². The van der Waals surface area contributed by atoms with Crippen LogP contribution in [0.15, 0.2) is 35.7 Å². The average molecular weight is 357 g/mol. The van der Waals surface area contributed by atoms with Gasteiger partial charge in [-0.15, -0.1) is 11.3 Å².